The van der Waals surface area contributed by atoms with Gasteiger partial charge in [-0.15, -0.1) is 0 Å². The van der Waals surface area contributed by atoms with E-state index in [-0.39, 0.29) is 36.8 Å². The number of carboxylic acid groups (broad SMARTS) is 1. The molecule has 0 spiro atoms. The van der Waals surface area contributed by atoms with Crippen LogP contribution < -0.4 is 10.6 Å². The largest absolute Gasteiger partial charge is 0.508 e. The maximum Gasteiger partial charge on any atom is 0.326 e. The van der Waals surface area contributed by atoms with E-state index >= 15 is 0 Å². The Hall–Kier alpha value is -2.62. The van der Waals surface area contributed by atoms with Gasteiger partial charge < -0.3 is 20.8 Å². The first-order valence-corrected chi connectivity index (χ1v) is 11.1. The van der Waals surface area contributed by atoms with E-state index in [4.69, 9.17) is 0 Å². The number of halogens is 1. The number of hydrogen-bond acceptors (Lipinski definition) is 4. The van der Waals surface area contributed by atoms with Gasteiger partial charge in [-0.1, -0.05) is 38.1 Å². The highest BCUT2D eigenvalue weighted by atomic mass is 127. The van der Waals surface area contributed by atoms with Gasteiger partial charge in [0, 0.05) is 22.8 Å². The van der Waals surface area contributed by atoms with Gasteiger partial charge >= 0.3 is 5.97 Å². The predicted molar refractivity (Wildman–Crippen MR) is 126 cm³/mol. The van der Waals surface area contributed by atoms with Crippen molar-refractivity contribution in [3.05, 3.63) is 63.2 Å². The number of hydrogen-bond donors (Lipinski definition) is 4. The minimum atomic E-state index is -1.18. The van der Waals surface area contributed by atoms with Crippen molar-refractivity contribution >= 4 is 40.4 Å². The van der Waals surface area contributed by atoms with E-state index in [2.05, 4.69) is 33.2 Å². The summed E-state index contributed by atoms with van der Waals surface area (Å²) in [6.07, 6.45) is 0.571. The molecule has 2 aromatic carbocycles. The smallest absolute Gasteiger partial charge is 0.326 e. The average Bonchev–Trinajstić information content (AvgIpc) is 2.69. The topological polar surface area (TPSA) is 116 Å². The molecule has 0 aromatic heterocycles. The van der Waals surface area contributed by atoms with Crippen LogP contribution in [0.25, 0.3) is 0 Å². The zero-order valence-corrected chi connectivity index (χ0v) is 19.6. The molecule has 8 heteroatoms. The summed E-state index contributed by atoms with van der Waals surface area (Å²) in [6.45, 7) is 3.82. The van der Waals surface area contributed by atoms with Crippen molar-refractivity contribution in [2.24, 2.45) is 5.92 Å². The van der Waals surface area contributed by atoms with Gasteiger partial charge in [-0.25, -0.2) is 4.79 Å². The molecule has 4 N–H and O–H groups in total. The van der Waals surface area contributed by atoms with Crippen LogP contribution in [0.1, 0.15) is 31.4 Å². The number of carbonyl (C=O) groups excluding carboxylic acids is 2. The molecular formula is C23H27IN2O5. The summed E-state index contributed by atoms with van der Waals surface area (Å²) in [4.78, 5) is 37.0. The molecule has 2 aromatic rings. The highest BCUT2D eigenvalue weighted by Gasteiger charge is 2.27. The normalized spacial score (nSPS) is 12.8. The van der Waals surface area contributed by atoms with Crippen molar-refractivity contribution in [3.63, 3.8) is 0 Å². The number of rotatable bonds is 10. The summed E-state index contributed by atoms with van der Waals surface area (Å²) in [5.74, 6) is -1.79. The van der Waals surface area contributed by atoms with E-state index in [1.54, 1.807) is 12.1 Å². The van der Waals surface area contributed by atoms with E-state index in [1.165, 1.54) is 12.1 Å². The van der Waals surface area contributed by atoms with Crippen LogP contribution in [0.3, 0.4) is 0 Å². The first-order valence-electron chi connectivity index (χ1n) is 9.99. The maximum atomic E-state index is 13.0. The summed E-state index contributed by atoms with van der Waals surface area (Å²) in [6, 6.07) is 11.6. The standard InChI is InChI=1S/C23H27IN2O5/c1-14(2)11-21(28)25-19(12-15-3-7-17(24)8-4-15)22(29)26-20(23(30)31)13-16-5-9-18(27)10-6-16/h3-10,14,19-20,27H,11-13H2,1-2H3,(H,25,28)(H,26,29)(H,30,31)/t19-,20-/m0/s1. The second-order valence-electron chi connectivity index (χ2n) is 7.82. The fraction of sp³-hybridized carbons (Fsp3) is 0.348. The van der Waals surface area contributed by atoms with Gasteiger partial charge in [-0.05, 0) is 63.9 Å². The van der Waals surface area contributed by atoms with Crippen molar-refractivity contribution in [3.8, 4) is 5.75 Å². The SMILES string of the molecule is CC(C)CC(=O)N[C@@H](Cc1ccc(I)cc1)C(=O)N[C@@H](Cc1ccc(O)cc1)C(=O)O. The predicted octanol–water partition coefficient (Wildman–Crippen LogP) is 2.88. The van der Waals surface area contributed by atoms with Crippen molar-refractivity contribution in [1.82, 2.24) is 10.6 Å². The minimum Gasteiger partial charge on any atom is -0.508 e. The Kier molecular flexibility index (Phi) is 9.29. The Morgan fingerprint density at radius 3 is 1.90 bits per heavy atom. The molecule has 2 amide bonds. The lowest BCUT2D eigenvalue weighted by atomic mass is 10.0. The van der Waals surface area contributed by atoms with Gasteiger partial charge in [-0.2, -0.15) is 0 Å². The Balaban J connectivity index is 2.15. The molecule has 0 unspecified atom stereocenters. The summed E-state index contributed by atoms with van der Waals surface area (Å²) < 4.78 is 1.05. The zero-order chi connectivity index (χ0) is 23.0. The van der Waals surface area contributed by atoms with Crippen molar-refractivity contribution in [2.45, 2.75) is 45.2 Å². The molecule has 2 atom stereocenters. The van der Waals surface area contributed by atoms with Crippen molar-refractivity contribution in [2.75, 3.05) is 0 Å². The molecule has 31 heavy (non-hydrogen) atoms. The number of aliphatic carboxylic acids is 1. The second kappa shape index (κ2) is 11.7. The molecule has 0 radical (unpaired) electrons. The highest BCUT2D eigenvalue weighted by molar-refractivity contribution is 14.1. The summed E-state index contributed by atoms with van der Waals surface area (Å²) >= 11 is 2.18. The van der Waals surface area contributed by atoms with Gasteiger partial charge in [0.05, 0.1) is 0 Å². The number of aromatic hydroxyl groups is 1. The number of amides is 2. The van der Waals surface area contributed by atoms with Crippen LogP contribution in [-0.4, -0.2) is 40.1 Å². The molecular weight excluding hydrogens is 511 g/mol. The Bertz CT molecular complexity index is 897. The number of phenols is 1. The number of carbonyl (C=O) groups is 3. The molecule has 0 aliphatic heterocycles. The van der Waals surface area contributed by atoms with E-state index in [1.807, 2.05) is 38.1 Å². The monoisotopic (exact) mass is 538 g/mol. The summed E-state index contributed by atoms with van der Waals surface area (Å²) in [5, 5.41) is 24.3. The number of carboxylic acids is 1. The van der Waals surface area contributed by atoms with Gasteiger partial charge in [0.25, 0.3) is 0 Å². The number of benzene rings is 2. The molecule has 0 heterocycles. The lowest BCUT2D eigenvalue weighted by molar-refractivity contribution is -0.142. The van der Waals surface area contributed by atoms with Gasteiger partial charge in [0.2, 0.25) is 11.8 Å². The second-order valence-corrected chi connectivity index (χ2v) is 9.06. The number of phenolic OH excluding ortho intramolecular Hbond substituents is 1. The maximum absolute atomic E-state index is 13.0. The Morgan fingerprint density at radius 2 is 1.39 bits per heavy atom. The molecule has 0 fully saturated rings. The third-order valence-electron chi connectivity index (χ3n) is 4.59. The Labute approximate surface area is 195 Å². The summed E-state index contributed by atoms with van der Waals surface area (Å²) in [5.41, 5.74) is 1.51. The average molecular weight is 538 g/mol. The fourth-order valence-corrected chi connectivity index (χ4v) is 3.39. The molecule has 0 saturated heterocycles. The third-order valence-corrected chi connectivity index (χ3v) is 5.31. The lowest BCUT2D eigenvalue weighted by Crippen LogP contribution is -2.53. The lowest BCUT2D eigenvalue weighted by Gasteiger charge is -2.22. The minimum absolute atomic E-state index is 0.0531. The number of nitrogens with one attached hydrogen (secondary N) is 2. The van der Waals surface area contributed by atoms with Crippen molar-refractivity contribution < 1.29 is 24.6 Å². The third kappa shape index (κ3) is 8.56. The van der Waals surface area contributed by atoms with Crippen LogP contribution >= 0.6 is 22.6 Å². The van der Waals surface area contributed by atoms with Gasteiger partial charge in [-0.3, -0.25) is 9.59 Å². The quantitative estimate of drug-likeness (QED) is 0.348. The van der Waals surface area contributed by atoms with Gasteiger partial charge in [0.15, 0.2) is 0 Å². The van der Waals surface area contributed by atoms with Crippen LogP contribution in [0, 0.1) is 9.49 Å². The van der Waals surface area contributed by atoms with Crippen molar-refractivity contribution in [1.29, 1.82) is 0 Å². The van der Waals surface area contributed by atoms with Crippen LogP contribution in [0.5, 0.6) is 5.75 Å². The first-order chi connectivity index (χ1) is 14.6. The molecule has 0 bridgehead atoms. The van der Waals surface area contributed by atoms with E-state index < -0.39 is 24.0 Å². The Morgan fingerprint density at radius 1 is 0.871 bits per heavy atom. The molecule has 166 valence electrons. The first kappa shape index (κ1) is 24.6. The zero-order valence-electron chi connectivity index (χ0n) is 17.5. The van der Waals surface area contributed by atoms with E-state index in [9.17, 15) is 24.6 Å². The van der Waals surface area contributed by atoms with E-state index in [0.29, 0.717) is 5.56 Å². The summed E-state index contributed by atoms with van der Waals surface area (Å²) in [7, 11) is 0. The van der Waals surface area contributed by atoms with Crippen LogP contribution in [0.15, 0.2) is 48.5 Å². The molecule has 0 saturated carbocycles. The fourth-order valence-electron chi connectivity index (χ4n) is 3.03. The van der Waals surface area contributed by atoms with Crippen LogP contribution in [0.4, 0.5) is 0 Å². The van der Waals surface area contributed by atoms with E-state index in [0.717, 1.165) is 9.13 Å². The molecule has 7 nitrogen and oxygen atoms in total. The molecule has 0 aliphatic rings. The van der Waals surface area contributed by atoms with Crippen LogP contribution in [-0.2, 0) is 27.2 Å². The van der Waals surface area contributed by atoms with Gasteiger partial charge in [0.1, 0.15) is 17.8 Å². The molecule has 2 rings (SSSR count). The van der Waals surface area contributed by atoms with Crippen LogP contribution in [0.2, 0.25) is 0 Å². The highest BCUT2D eigenvalue weighted by Crippen LogP contribution is 2.13. The molecule has 0 aliphatic carbocycles.